The lowest BCUT2D eigenvalue weighted by molar-refractivity contribution is -0.118. The Balaban J connectivity index is 1.64. The number of carbonyl (C=O) groups excluding carboxylic acids is 1. The molecule has 1 amide bonds. The van der Waals surface area contributed by atoms with Crippen molar-refractivity contribution in [3.05, 3.63) is 54.1 Å². The molecule has 0 bridgehead atoms. The highest BCUT2D eigenvalue weighted by Gasteiger charge is 2.32. The number of carbonyl (C=O) groups is 1. The number of hydrogen-bond acceptors (Lipinski definition) is 5. The lowest BCUT2D eigenvalue weighted by Gasteiger charge is -2.31. The summed E-state index contributed by atoms with van der Waals surface area (Å²) in [5.41, 5.74) is 7.50. The highest BCUT2D eigenvalue weighted by molar-refractivity contribution is 8.00. The summed E-state index contributed by atoms with van der Waals surface area (Å²) in [6.07, 6.45) is 0. The number of hydrogen-bond donors (Lipinski definition) is 1. The summed E-state index contributed by atoms with van der Waals surface area (Å²) in [7, 11) is 3.86. The molecule has 0 saturated heterocycles. The molecule has 0 fully saturated rings. The molecule has 0 saturated carbocycles. The van der Waals surface area contributed by atoms with E-state index in [1.807, 2.05) is 56.6 Å². The molecule has 0 spiro atoms. The Morgan fingerprint density at radius 3 is 2.62 bits per heavy atom. The average molecular weight is 372 g/mol. The smallest absolute Gasteiger partial charge is 0.244 e. The van der Waals surface area contributed by atoms with Crippen LogP contribution in [0.5, 0.6) is 5.75 Å². The topological polar surface area (TPSA) is 58.8 Å². The fraction of sp³-hybridized carbons (Fsp3) is 0.350. The van der Waals surface area contributed by atoms with Gasteiger partial charge in [0, 0.05) is 31.6 Å². The quantitative estimate of drug-likeness (QED) is 0.811. The normalized spacial score (nSPS) is 16.7. The van der Waals surface area contributed by atoms with Crippen molar-refractivity contribution in [2.45, 2.75) is 10.1 Å². The molecule has 2 aromatic carbocycles. The van der Waals surface area contributed by atoms with Crippen LogP contribution in [0.15, 0.2) is 53.4 Å². The van der Waals surface area contributed by atoms with E-state index >= 15 is 0 Å². The minimum atomic E-state index is -0.223. The molecule has 1 atom stereocenters. The van der Waals surface area contributed by atoms with E-state index < -0.39 is 0 Å². The highest BCUT2D eigenvalue weighted by Crippen LogP contribution is 2.45. The Bertz CT molecular complexity index is 751. The zero-order valence-corrected chi connectivity index (χ0v) is 16.0. The Morgan fingerprint density at radius 1 is 1.15 bits per heavy atom. The molecule has 1 unspecified atom stereocenters. The number of thioether (sulfide) groups is 1. The monoisotopic (exact) mass is 371 g/mol. The molecular formula is C20H25N3O2S. The molecule has 1 aliphatic heterocycles. The van der Waals surface area contributed by atoms with Crippen molar-refractivity contribution in [1.82, 2.24) is 4.90 Å². The van der Waals surface area contributed by atoms with Crippen LogP contribution in [-0.4, -0.2) is 51.1 Å². The second-order valence-corrected chi connectivity index (χ2v) is 7.52. The van der Waals surface area contributed by atoms with Gasteiger partial charge in [-0.1, -0.05) is 24.3 Å². The lowest BCUT2D eigenvalue weighted by Crippen LogP contribution is -2.33. The average Bonchev–Trinajstić information content (AvgIpc) is 2.66. The maximum absolute atomic E-state index is 12.7. The van der Waals surface area contributed by atoms with Crippen molar-refractivity contribution < 1.29 is 9.53 Å². The fourth-order valence-electron chi connectivity index (χ4n) is 2.91. The van der Waals surface area contributed by atoms with E-state index in [0.717, 1.165) is 35.0 Å². The van der Waals surface area contributed by atoms with Gasteiger partial charge >= 0.3 is 0 Å². The number of amides is 1. The van der Waals surface area contributed by atoms with Crippen LogP contribution in [-0.2, 0) is 4.79 Å². The second-order valence-electron chi connectivity index (χ2n) is 6.37. The molecule has 3 rings (SSSR count). The van der Waals surface area contributed by atoms with Gasteiger partial charge in [-0.25, -0.2) is 0 Å². The molecular weight excluding hydrogens is 346 g/mol. The molecule has 0 aliphatic carbocycles. The van der Waals surface area contributed by atoms with Crippen LogP contribution >= 0.6 is 11.8 Å². The van der Waals surface area contributed by atoms with Gasteiger partial charge in [-0.15, -0.1) is 11.8 Å². The fourth-order valence-corrected chi connectivity index (χ4v) is 4.20. The number of fused-ring (bicyclic) bond motifs is 1. The first-order chi connectivity index (χ1) is 12.6. The third-order valence-electron chi connectivity index (χ3n) is 4.46. The van der Waals surface area contributed by atoms with E-state index in [-0.39, 0.29) is 11.2 Å². The summed E-state index contributed by atoms with van der Waals surface area (Å²) in [4.78, 5) is 17.7. The number of para-hydroxylation sites is 1. The maximum atomic E-state index is 12.7. The lowest BCUT2D eigenvalue weighted by atomic mass is 10.1. The first-order valence-electron chi connectivity index (χ1n) is 8.75. The number of nitrogens with zero attached hydrogens (tertiary/aromatic N) is 2. The van der Waals surface area contributed by atoms with E-state index in [2.05, 4.69) is 11.0 Å². The molecule has 0 radical (unpaired) electrons. The van der Waals surface area contributed by atoms with Crippen molar-refractivity contribution in [1.29, 1.82) is 0 Å². The van der Waals surface area contributed by atoms with Gasteiger partial charge < -0.3 is 20.3 Å². The molecule has 1 aliphatic rings. The van der Waals surface area contributed by atoms with E-state index in [9.17, 15) is 4.79 Å². The van der Waals surface area contributed by atoms with E-state index in [1.54, 1.807) is 16.7 Å². The summed E-state index contributed by atoms with van der Waals surface area (Å²) in [6.45, 7) is 2.95. The van der Waals surface area contributed by atoms with Crippen molar-refractivity contribution in [3.8, 4) is 5.75 Å². The van der Waals surface area contributed by atoms with Gasteiger partial charge in [0.2, 0.25) is 5.91 Å². The number of nitrogens with two attached hydrogens (primary N) is 1. The second kappa shape index (κ2) is 8.58. The zero-order chi connectivity index (χ0) is 18.5. The van der Waals surface area contributed by atoms with Crippen molar-refractivity contribution >= 4 is 23.4 Å². The predicted molar refractivity (Wildman–Crippen MR) is 107 cm³/mol. The Labute approximate surface area is 159 Å². The minimum absolute atomic E-state index is 0.103. The molecule has 2 aromatic rings. The van der Waals surface area contributed by atoms with Crippen LogP contribution in [0.2, 0.25) is 0 Å². The number of rotatable bonds is 7. The predicted octanol–water partition coefficient (Wildman–Crippen LogP) is 2.77. The van der Waals surface area contributed by atoms with Crippen LogP contribution in [0, 0.1) is 0 Å². The van der Waals surface area contributed by atoms with Crippen LogP contribution in [0.3, 0.4) is 0 Å². The van der Waals surface area contributed by atoms with Gasteiger partial charge in [-0.3, -0.25) is 4.79 Å². The van der Waals surface area contributed by atoms with Crippen LogP contribution < -0.4 is 15.4 Å². The Hall–Kier alpha value is -2.02. The first kappa shape index (κ1) is 18.8. The highest BCUT2D eigenvalue weighted by atomic mass is 32.2. The van der Waals surface area contributed by atoms with E-state index in [0.29, 0.717) is 13.2 Å². The molecule has 26 heavy (non-hydrogen) atoms. The molecule has 138 valence electrons. The largest absolute Gasteiger partial charge is 0.492 e. The number of ether oxygens (including phenoxy) is 1. The van der Waals surface area contributed by atoms with Gasteiger partial charge in [0.25, 0.3) is 0 Å². The van der Waals surface area contributed by atoms with E-state index in [1.165, 1.54) is 0 Å². The summed E-state index contributed by atoms with van der Waals surface area (Å²) < 4.78 is 5.78. The number of anilines is 1. The van der Waals surface area contributed by atoms with Gasteiger partial charge in [0.1, 0.15) is 17.6 Å². The molecule has 6 heteroatoms. The number of benzene rings is 2. The summed E-state index contributed by atoms with van der Waals surface area (Å²) >= 11 is 1.60. The summed E-state index contributed by atoms with van der Waals surface area (Å²) in [5, 5.41) is -0.223. The molecule has 5 nitrogen and oxygen atoms in total. The van der Waals surface area contributed by atoms with Crippen LogP contribution in [0.1, 0.15) is 10.8 Å². The van der Waals surface area contributed by atoms with Gasteiger partial charge in [0.05, 0.1) is 5.69 Å². The molecule has 1 heterocycles. The van der Waals surface area contributed by atoms with Gasteiger partial charge in [0.15, 0.2) is 0 Å². The van der Waals surface area contributed by atoms with Crippen molar-refractivity contribution in [3.63, 3.8) is 0 Å². The summed E-state index contributed by atoms with van der Waals surface area (Å²) in [6, 6.07) is 15.8. The van der Waals surface area contributed by atoms with E-state index in [4.69, 9.17) is 10.5 Å². The minimum Gasteiger partial charge on any atom is -0.492 e. The standard InChI is InChI=1S/C20H25N3O2S/c1-22(12-11-21)13-14-25-16-9-7-15(8-10-16)19-20(24)23(2)17-5-3-4-6-18(17)26-19/h3-10,19H,11-14,21H2,1-2H3. The molecule has 0 aromatic heterocycles. The zero-order valence-electron chi connectivity index (χ0n) is 15.2. The van der Waals surface area contributed by atoms with Crippen LogP contribution in [0.25, 0.3) is 0 Å². The Morgan fingerprint density at radius 2 is 1.88 bits per heavy atom. The van der Waals surface area contributed by atoms with Crippen molar-refractivity contribution in [2.24, 2.45) is 5.73 Å². The third kappa shape index (κ3) is 4.20. The van der Waals surface area contributed by atoms with Crippen molar-refractivity contribution in [2.75, 3.05) is 45.2 Å². The van der Waals surface area contributed by atoms with Gasteiger partial charge in [-0.05, 0) is 36.9 Å². The van der Waals surface area contributed by atoms with Crippen LogP contribution in [0.4, 0.5) is 5.69 Å². The first-order valence-corrected chi connectivity index (χ1v) is 9.62. The number of likely N-dealkylation sites (N-methyl/N-ethyl adjacent to an activating group) is 2. The van der Waals surface area contributed by atoms with Gasteiger partial charge in [-0.2, -0.15) is 0 Å². The molecule has 2 N–H and O–H groups in total. The summed E-state index contributed by atoms with van der Waals surface area (Å²) in [5.74, 6) is 0.919. The Kier molecular flexibility index (Phi) is 6.19. The SMILES string of the molecule is CN(CCN)CCOc1ccc(C2Sc3ccccc3N(C)C2=O)cc1. The third-order valence-corrected chi connectivity index (χ3v) is 5.77. The maximum Gasteiger partial charge on any atom is 0.244 e.